The molecule has 0 aliphatic heterocycles. The predicted molar refractivity (Wildman–Crippen MR) is 96.6 cm³/mol. The lowest BCUT2D eigenvalue weighted by Crippen LogP contribution is -1.97. The second-order valence-electron chi connectivity index (χ2n) is 5.31. The normalized spacial score (nSPS) is 12.3. The summed E-state index contributed by atoms with van der Waals surface area (Å²) >= 11 is 6.14. The van der Waals surface area contributed by atoms with Gasteiger partial charge in [0.1, 0.15) is 5.71 Å². The van der Waals surface area contributed by atoms with Gasteiger partial charge in [-0.05, 0) is 17.2 Å². The van der Waals surface area contributed by atoms with E-state index in [4.69, 9.17) is 11.6 Å². The van der Waals surface area contributed by atoms with Crippen molar-refractivity contribution >= 4 is 23.5 Å². The molecule has 0 aromatic heterocycles. The summed E-state index contributed by atoms with van der Waals surface area (Å²) in [5, 5.41) is 9.40. The average molecular weight is 317 g/mol. The fourth-order valence-electron chi connectivity index (χ4n) is 2.83. The van der Waals surface area contributed by atoms with Gasteiger partial charge in [-0.15, -0.1) is 5.10 Å². The molecule has 0 bridgehead atoms. The molecule has 4 rings (SSSR count). The van der Waals surface area contributed by atoms with Crippen LogP contribution in [0.4, 0.5) is 0 Å². The van der Waals surface area contributed by atoms with Gasteiger partial charge in [-0.3, -0.25) is 0 Å². The standard InChI is InChI=1S/C20H13ClN2/c21-19-12-6-1-7-14(19)13-22-23-20-17-10-4-2-8-15(17)16-9-3-5-11-18(16)20/h1-13H/b22-13+. The van der Waals surface area contributed by atoms with Crippen LogP contribution in [0.1, 0.15) is 16.7 Å². The summed E-state index contributed by atoms with van der Waals surface area (Å²) in [5.41, 5.74) is 6.40. The van der Waals surface area contributed by atoms with Gasteiger partial charge in [0, 0.05) is 21.7 Å². The molecule has 3 aromatic carbocycles. The van der Waals surface area contributed by atoms with E-state index < -0.39 is 0 Å². The van der Waals surface area contributed by atoms with E-state index in [2.05, 4.69) is 34.5 Å². The molecular formula is C20H13ClN2. The van der Waals surface area contributed by atoms with Crippen LogP contribution in [-0.2, 0) is 0 Å². The van der Waals surface area contributed by atoms with Gasteiger partial charge < -0.3 is 0 Å². The summed E-state index contributed by atoms with van der Waals surface area (Å²) in [7, 11) is 0. The van der Waals surface area contributed by atoms with E-state index in [0.717, 1.165) is 22.4 Å². The Bertz CT molecular complexity index is 894. The zero-order chi connectivity index (χ0) is 15.6. The average Bonchev–Trinajstić information content (AvgIpc) is 2.91. The maximum atomic E-state index is 6.14. The fraction of sp³-hybridized carbons (Fsp3) is 0. The predicted octanol–water partition coefficient (Wildman–Crippen LogP) is 5.19. The van der Waals surface area contributed by atoms with Crippen LogP contribution in [0.5, 0.6) is 0 Å². The third-order valence-corrected chi connectivity index (χ3v) is 4.26. The quantitative estimate of drug-likeness (QED) is 0.359. The zero-order valence-electron chi connectivity index (χ0n) is 12.3. The lowest BCUT2D eigenvalue weighted by atomic mass is 10.1. The van der Waals surface area contributed by atoms with Crippen molar-refractivity contribution in [1.29, 1.82) is 0 Å². The van der Waals surface area contributed by atoms with Crippen molar-refractivity contribution in [1.82, 2.24) is 0 Å². The van der Waals surface area contributed by atoms with Gasteiger partial charge in [-0.25, -0.2) is 0 Å². The van der Waals surface area contributed by atoms with Crippen molar-refractivity contribution in [2.24, 2.45) is 10.2 Å². The van der Waals surface area contributed by atoms with Crippen LogP contribution in [0.2, 0.25) is 5.02 Å². The molecule has 0 amide bonds. The number of fused-ring (bicyclic) bond motifs is 3. The summed E-state index contributed by atoms with van der Waals surface area (Å²) in [6, 6.07) is 24.1. The Hall–Kier alpha value is -2.71. The first kappa shape index (κ1) is 13.9. The van der Waals surface area contributed by atoms with E-state index in [-0.39, 0.29) is 0 Å². The van der Waals surface area contributed by atoms with E-state index in [9.17, 15) is 0 Å². The Balaban J connectivity index is 1.78. The number of hydrogen-bond acceptors (Lipinski definition) is 2. The highest BCUT2D eigenvalue weighted by Gasteiger charge is 2.23. The van der Waals surface area contributed by atoms with Crippen LogP contribution < -0.4 is 0 Å². The molecule has 3 aromatic rings. The summed E-state index contributed by atoms with van der Waals surface area (Å²) < 4.78 is 0. The maximum Gasteiger partial charge on any atom is 0.101 e. The highest BCUT2D eigenvalue weighted by Crippen LogP contribution is 2.36. The van der Waals surface area contributed by atoms with Crippen LogP contribution in [-0.4, -0.2) is 11.9 Å². The third-order valence-electron chi connectivity index (χ3n) is 3.91. The molecule has 0 atom stereocenters. The molecule has 110 valence electrons. The highest BCUT2D eigenvalue weighted by molar-refractivity contribution is 6.33. The van der Waals surface area contributed by atoms with Gasteiger partial charge in [0.05, 0.1) is 6.21 Å². The van der Waals surface area contributed by atoms with Crippen molar-refractivity contribution in [2.45, 2.75) is 0 Å². The number of nitrogens with zero attached hydrogens (tertiary/aromatic N) is 2. The molecule has 0 spiro atoms. The van der Waals surface area contributed by atoms with E-state index in [1.165, 1.54) is 11.1 Å². The van der Waals surface area contributed by atoms with Crippen molar-refractivity contribution < 1.29 is 0 Å². The first-order valence-electron chi connectivity index (χ1n) is 7.39. The van der Waals surface area contributed by atoms with E-state index in [1.807, 2.05) is 48.5 Å². The molecule has 0 unspecified atom stereocenters. The highest BCUT2D eigenvalue weighted by atomic mass is 35.5. The van der Waals surface area contributed by atoms with Gasteiger partial charge in [-0.1, -0.05) is 78.3 Å². The molecule has 2 nitrogen and oxygen atoms in total. The first-order valence-corrected chi connectivity index (χ1v) is 7.77. The van der Waals surface area contributed by atoms with Gasteiger partial charge in [-0.2, -0.15) is 5.10 Å². The minimum Gasteiger partial charge on any atom is -0.158 e. The number of halogens is 1. The Morgan fingerprint density at radius 2 is 1.17 bits per heavy atom. The number of benzene rings is 3. The number of rotatable bonds is 2. The van der Waals surface area contributed by atoms with Crippen LogP contribution in [0.15, 0.2) is 83.0 Å². The molecule has 23 heavy (non-hydrogen) atoms. The molecule has 0 fully saturated rings. The van der Waals surface area contributed by atoms with E-state index in [0.29, 0.717) is 5.02 Å². The fourth-order valence-corrected chi connectivity index (χ4v) is 3.01. The van der Waals surface area contributed by atoms with Crippen LogP contribution >= 0.6 is 11.6 Å². The minimum absolute atomic E-state index is 0.670. The van der Waals surface area contributed by atoms with Crippen molar-refractivity contribution in [3.05, 3.63) is 94.5 Å². The maximum absolute atomic E-state index is 6.14. The Morgan fingerprint density at radius 1 is 0.652 bits per heavy atom. The second kappa shape index (κ2) is 5.82. The molecule has 0 saturated heterocycles. The molecule has 3 heteroatoms. The summed E-state index contributed by atoms with van der Waals surface area (Å²) in [6.07, 6.45) is 1.69. The van der Waals surface area contributed by atoms with Crippen molar-refractivity contribution in [3.8, 4) is 11.1 Å². The van der Waals surface area contributed by atoms with Gasteiger partial charge in [0.2, 0.25) is 0 Å². The Morgan fingerprint density at radius 3 is 1.78 bits per heavy atom. The minimum atomic E-state index is 0.670. The Kier molecular flexibility index (Phi) is 3.52. The second-order valence-corrected chi connectivity index (χ2v) is 5.71. The smallest absolute Gasteiger partial charge is 0.101 e. The van der Waals surface area contributed by atoms with Crippen LogP contribution in [0.3, 0.4) is 0 Å². The SMILES string of the molecule is Clc1ccccc1/C=N/N=C1c2ccccc2-c2ccccc21. The topological polar surface area (TPSA) is 24.7 Å². The molecule has 0 radical (unpaired) electrons. The lowest BCUT2D eigenvalue weighted by Gasteiger charge is -1.98. The molecule has 0 N–H and O–H groups in total. The largest absolute Gasteiger partial charge is 0.158 e. The zero-order valence-corrected chi connectivity index (χ0v) is 13.0. The van der Waals surface area contributed by atoms with Gasteiger partial charge >= 0.3 is 0 Å². The molecule has 1 aliphatic carbocycles. The Labute approximate surface area is 139 Å². The molecule has 0 heterocycles. The van der Waals surface area contributed by atoms with Crippen molar-refractivity contribution in [2.75, 3.05) is 0 Å². The number of hydrogen-bond donors (Lipinski definition) is 0. The van der Waals surface area contributed by atoms with Gasteiger partial charge in [0.15, 0.2) is 0 Å². The van der Waals surface area contributed by atoms with E-state index >= 15 is 0 Å². The summed E-state index contributed by atoms with van der Waals surface area (Å²) in [6.45, 7) is 0. The van der Waals surface area contributed by atoms with Crippen molar-refractivity contribution in [3.63, 3.8) is 0 Å². The third kappa shape index (κ3) is 2.47. The van der Waals surface area contributed by atoms with Crippen LogP contribution in [0, 0.1) is 0 Å². The van der Waals surface area contributed by atoms with Gasteiger partial charge in [0.25, 0.3) is 0 Å². The monoisotopic (exact) mass is 316 g/mol. The van der Waals surface area contributed by atoms with E-state index in [1.54, 1.807) is 6.21 Å². The van der Waals surface area contributed by atoms with Crippen LogP contribution in [0.25, 0.3) is 11.1 Å². The molecule has 1 aliphatic rings. The lowest BCUT2D eigenvalue weighted by molar-refractivity contribution is 1.25. The molecule has 0 saturated carbocycles. The summed E-state index contributed by atoms with van der Waals surface area (Å²) in [5.74, 6) is 0. The summed E-state index contributed by atoms with van der Waals surface area (Å²) in [4.78, 5) is 0. The molecular weight excluding hydrogens is 304 g/mol. The first-order chi connectivity index (χ1) is 11.3.